The molecule has 2 aliphatic rings. The third kappa shape index (κ3) is 4.87. The van der Waals surface area contributed by atoms with Crippen molar-refractivity contribution in [1.29, 1.82) is 0 Å². The minimum atomic E-state index is -3.88. The summed E-state index contributed by atoms with van der Waals surface area (Å²) in [4.78, 5) is 14.8. The number of carbonyl (C=O) groups excluding carboxylic acids is 1. The molecular formula is C19H25ClN2O3S2. The highest BCUT2D eigenvalue weighted by molar-refractivity contribution is 8.16. The molecule has 5 nitrogen and oxygen atoms in total. The van der Waals surface area contributed by atoms with Gasteiger partial charge in [0.05, 0.1) is 10.1 Å². The number of rotatable bonds is 6. The predicted molar refractivity (Wildman–Crippen MR) is 111 cm³/mol. The Morgan fingerprint density at radius 2 is 1.85 bits per heavy atom. The highest BCUT2D eigenvalue weighted by Gasteiger charge is 2.42. The monoisotopic (exact) mass is 428 g/mol. The van der Waals surface area contributed by atoms with Crippen LogP contribution in [0.15, 0.2) is 33.6 Å². The largest absolute Gasteiger partial charge is 0.287 e. The van der Waals surface area contributed by atoms with Gasteiger partial charge in [0.15, 0.2) is 5.17 Å². The van der Waals surface area contributed by atoms with E-state index in [0.717, 1.165) is 44.9 Å². The summed E-state index contributed by atoms with van der Waals surface area (Å²) in [5.74, 6) is 0.0189. The Bertz CT molecular complexity index is 803. The third-order valence-electron chi connectivity index (χ3n) is 5.04. The van der Waals surface area contributed by atoms with E-state index in [2.05, 4.69) is 11.3 Å². The van der Waals surface area contributed by atoms with Crippen LogP contribution in [0.4, 0.5) is 0 Å². The summed E-state index contributed by atoms with van der Waals surface area (Å²) >= 11 is 7.16. The fourth-order valence-corrected chi connectivity index (χ4v) is 6.14. The van der Waals surface area contributed by atoms with Gasteiger partial charge < -0.3 is 0 Å². The van der Waals surface area contributed by atoms with E-state index in [1.54, 1.807) is 4.90 Å². The number of unbranched alkanes of at least 4 members (excludes halogenated alkanes) is 1. The topological polar surface area (TPSA) is 66.8 Å². The molecule has 1 atom stereocenters. The Kier molecular flexibility index (Phi) is 6.87. The van der Waals surface area contributed by atoms with Crippen molar-refractivity contribution >= 4 is 44.5 Å². The summed E-state index contributed by atoms with van der Waals surface area (Å²) in [5, 5.41) is 0.574. The average molecular weight is 429 g/mol. The maximum absolute atomic E-state index is 13.0. The second kappa shape index (κ2) is 8.97. The second-order valence-corrected chi connectivity index (χ2v) is 10.3. The van der Waals surface area contributed by atoms with Gasteiger partial charge in [-0.15, -0.1) is 4.40 Å². The first-order valence-electron chi connectivity index (χ1n) is 9.52. The van der Waals surface area contributed by atoms with E-state index in [1.807, 2.05) is 0 Å². The summed E-state index contributed by atoms with van der Waals surface area (Å²) in [6.07, 6.45) is 7.82. The second-order valence-electron chi connectivity index (χ2n) is 7.05. The first kappa shape index (κ1) is 20.7. The van der Waals surface area contributed by atoms with Crippen molar-refractivity contribution in [3.05, 3.63) is 29.3 Å². The van der Waals surface area contributed by atoms with Crippen molar-refractivity contribution < 1.29 is 13.2 Å². The molecule has 2 fully saturated rings. The fraction of sp³-hybridized carbons (Fsp3) is 0.579. The molecule has 1 unspecified atom stereocenters. The van der Waals surface area contributed by atoms with Crippen molar-refractivity contribution in [2.45, 2.75) is 74.5 Å². The van der Waals surface area contributed by atoms with Crippen LogP contribution in [0.1, 0.15) is 58.3 Å². The number of benzene rings is 1. The highest BCUT2D eigenvalue weighted by Crippen LogP contribution is 2.36. The molecule has 0 radical (unpaired) electrons. The summed E-state index contributed by atoms with van der Waals surface area (Å²) in [7, 11) is -3.88. The smallest absolute Gasteiger partial charge is 0.284 e. The molecule has 1 aromatic carbocycles. The van der Waals surface area contributed by atoms with E-state index in [9.17, 15) is 13.2 Å². The Morgan fingerprint density at radius 1 is 1.19 bits per heavy atom. The van der Waals surface area contributed by atoms with Crippen LogP contribution in [0.25, 0.3) is 0 Å². The lowest BCUT2D eigenvalue weighted by Crippen LogP contribution is -2.42. The molecule has 3 rings (SSSR count). The molecule has 0 aromatic heterocycles. The number of thioether (sulfide) groups is 1. The van der Waals surface area contributed by atoms with Crippen molar-refractivity contribution in [2.24, 2.45) is 4.40 Å². The average Bonchev–Trinajstić information content (AvgIpc) is 2.95. The number of amidine groups is 1. The Hall–Kier alpha value is -1.05. The van der Waals surface area contributed by atoms with Crippen molar-refractivity contribution in [3.8, 4) is 0 Å². The van der Waals surface area contributed by atoms with E-state index in [-0.39, 0.29) is 22.1 Å². The third-order valence-corrected chi connectivity index (χ3v) is 7.91. The van der Waals surface area contributed by atoms with E-state index in [4.69, 9.17) is 11.6 Å². The zero-order valence-corrected chi connectivity index (χ0v) is 17.8. The van der Waals surface area contributed by atoms with Crippen LogP contribution in [0.2, 0.25) is 5.02 Å². The predicted octanol–water partition coefficient (Wildman–Crippen LogP) is 4.85. The van der Waals surface area contributed by atoms with E-state index in [1.165, 1.54) is 42.4 Å². The fourth-order valence-electron chi connectivity index (χ4n) is 3.56. The summed E-state index contributed by atoms with van der Waals surface area (Å²) in [6, 6.07) is 6.02. The number of hydrogen-bond acceptors (Lipinski definition) is 4. The van der Waals surface area contributed by atoms with Crippen LogP contribution in [-0.4, -0.2) is 35.7 Å². The maximum Gasteiger partial charge on any atom is 0.284 e. The Balaban J connectivity index is 1.92. The van der Waals surface area contributed by atoms with Gasteiger partial charge in [0.25, 0.3) is 10.0 Å². The summed E-state index contributed by atoms with van der Waals surface area (Å²) in [6.45, 7) is 2.09. The van der Waals surface area contributed by atoms with Crippen molar-refractivity contribution in [1.82, 2.24) is 4.90 Å². The minimum Gasteiger partial charge on any atom is -0.287 e. The number of halogens is 1. The van der Waals surface area contributed by atoms with Gasteiger partial charge in [-0.3, -0.25) is 9.69 Å². The molecule has 1 heterocycles. The highest BCUT2D eigenvalue weighted by atomic mass is 35.5. The molecule has 148 valence electrons. The van der Waals surface area contributed by atoms with Crippen molar-refractivity contribution in [2.75, 3.05) is 0 Å². The molecular weight excluding hydrogens is 404 g/mol. The molecule has 1 saturated heterocycles. The first-order chi connectivity index (χ1) is 12.9. The summed E-state index contributed by atoms with van der Waals surface area (Å²) < 4.78 is 29.6. The van der Waals surface area contributed by atoms with E-state index < -0.39 is 10.0 Å². The minimum absolute atomic E-state index is 0.0189. The number of hydrogen-bond donors (Lipinski definition) is 0. The van der Waals surface area contributed by atoms with Gasteiger partial charge in [0.2, 0.25) is 5.91 Å². The normalized spacial score (nSPS) is 23.3. The van der Waals surface area contributed by atoms with E-state index in [0.29, 0.717) is 10.2 Å². The number of amides is 1. The SMILES string of the molecule is CCCCC1SC(=NS(=O)(=O)c2ccc(Cl)cc2)N(C2CCCCC2)C1=O. The molecule has 0 bridgehead atoms. The molecule has 1 aromatic rings. The van der Waals surface area contributed by atoms with Gasteiger partial charge >= 0.3 is 0 Å². The Morgan fingerprint density at radius 3 is 2.48 bits per heavy atom. The van der Waals surface area contributed by atoms with Gasteiger partial charge in [-0.1, -0.05) is 62.4 Å². The van der Waals surface area contributed by atoms with Crippen LogP contribution in [0.3, 0.4) is 0 Å². The van der Waals surface area contributed by atoms with Crippen molar-refractivity contribution in [3.63, 3.8) is 0 Å². The molecule has 8 heteroatoms. The first-order valence-corrected chi connectivity index (χ1v) is 12.2. The quantitative estimate of drug-likeness (QED) is 0.649. The van der Waals surface area contributed by atoms with Crippen LogP contribution >= 0.6 is 23.4 Å². The zero-order chi connectivity index (χ0) is 19.4. The van der Waals surface area contributed by atoms with Gasteiger partial charge in [-0.05, 0) is 43.5 Å². The Labute approximate surface area is 170 Å². The van der Waals surface area contributed by atoms with E-state index >= 15 is 0 Å². The van der Waals surface area contributed by atoms with Crippen LogP contribution in [-0.2, 0) is 14.8 Å². The number of nitrogens with zero attached hydrogens (tertiary/aromatic N) is 2. The number of sulfonamides is 1. The van der Waals surface area contributed by atoms with Gasteiger partial charge in [-0.25, -0.2) is 0 Å². The van der Waals surface area contributed by atoms with Crippen LogP contribution < -0.4 is 0 Å². The molecule has 1 amide bonds. The van der Waals surface area contributed by atoms with Gasteiger partial charge in [0.1, 0.15) is 0 Å². The molecule has 27 heavy (non-hydrogen) atoms. The molecule has 1 aliphatic heterocycles. The standard InChI is InChI=1S/C19H25ClN2O3S2/c1-2-3-9-17-18(23)22(15-7-5-4-6-8-15)19(26-17)21-27(24,25)16-12-10-14(20)11-13-16/h10-13,15,17H,2-9H2,1H3. The van der Waals surface area contributed by atoms with Gasteiger partial charge in [0, 0.05) is 11.1 Å². The zero-order valence-electron chi connectivity index (χ0n) is 15.4. The maximum atomic E-state index is 13.0. The lowest BCUT2D eigenvalue weighted by atomic mass is 9.94. The lowest BCUT2D eigenvalue weighted by molar-refractivity contribution is -0.128. The lowest BCUT2D eigenvalue weighted by Gasteiger charge is -2.30. The van der Waals surface area contributed by atoms with Crippen LogP contribution in [0.5, 0.6) is 0 Å². The summed E-state index contributed by atoms with van der Waals surface area (Å²) in [5.41, 5.74) is 0. The molecule has 0 N–H and O–H groups in total. The molecule has 1 aliphatic carbocycles. The van der Waals surface area contributed by atoms with Crippen LogP contribution in [0, 0.1) is 0 Å². The van der Waals surface area contributed by atoms with Gasteiger partial charge in [-0.2, -0.15) is 8.42 Å². The molecule has 1 saturated carbocycles. The molecule has 0 spiro atoms. The number of carbonyl (C=O) groups is 1.